The molecule has 1 aromatic carbocycles. The molecule has 1 aliphatic rings. The van der Waals surface area contributed by atoms with E-state index in [0.717, 1.165) is 48.6 Å². The van der Waals surface area contributed by atoms with Crippen LogP contribution in [-0.2, 0) is 19.5 Å². The maximum atomic E-state index is 12.4. The van der Waals surface area contributed by atoms with Gasteiger partial charge >= 0.3 is 0 Å². The van der Waals surface area contributed by atoms with Crippen LogP contribution in [0, 0.1) is 0 Å². The second kappa shape index (κ2) is 5.95. The summed E-state index contributed by atoms with van der Waals surface area (Å²) in [4.78, 5) is 12.4. The molecule has 0 spiro atoms. The van der Waals surface area contributed by atoms with E-state index in [9.17, 15) is 4.79 Å². The fourth-order valence-corrected chi connectivity index (χ4v) is 2.66. The maximum Gasteiger partial charge on any atom is 0.252 e. The van der Waals surface area contributed by atoms with E-state index < -0.39 is 0 Å². The molecule has 2 heterocycles. The zero-order chi connectivity index (χ0) is 14.7. The molecule has 2 N–H and O–H groups in total. The molecule has 1 aromatic heterocycles. The quantitative estimate of drug-likeness (QED) is 0.895. The third kappa shape index (κ3) is 2.74. The Kier molecular flexibility index (Phi) is 3.85. The number of aromatic nitrogens is 3. The number of carbonyl (C=O) groups excluding carboxylic acids is 1. The van der Waals surface area contributed by atoms with E-state index in [2.05, 4.69) is 20.8 Å². The Balaban J connectivity index is 1.74. The summed E-state index contributed by atoms with van der Waals surface area (Å²) in [5.74, 6) is 0.718. The van der Waals surface area contributed by atoms with Gasteiger partial charge in [-0.05, 0) is 37.5 Å². The van der Waals surface area contributed by atoms with Crippen molar-refractivity contribution in [2.45, 2.75) is 32.9 Å². The molecule has 0 atom stereocenters. The number of benzene rings is 1. The van der Waals surface area contributed by atoms with Crippen LogP contribution in [0.15, 0.2) is 24.5 Å². The van der Waals surface area contributed by atoms with Crippen molar-refractivity contribution in [1.29, 1.82) is 0 Å². The van der Waals surface area contributed by atoms with Gasteiger partial charge < -0.3 is 15.2 Å². The van der Waals surface area contributed by atoms with Crippen LogP contribution in [-0.4, -0.2) is 27.2 Å². The summed E-state index contributed by atoms with van der Waals surface area (Å²) in [5.41, 5.74) is 2.94. The Hall–Kier alpha value is -2.37. The fraction of sp³-hybridized carbons (Fsp3) is 0.400. The van der Waals surface area contributed by atoms with Crippen LogP contribution in [0.5, 0.6) is 0 Å². The molecule has 0 saturated carbocycles. The van der Waals surface area contributed by atoms with Gasteiger partial charge in [-0.1, -0.05) is 6.07 Å². The van der Waals surface area contributed by atoms with Crippen molar-refractivity contribution in [3.63, 3.8) is 0 Å². The summed E-state index contributed by atoms with van der Waals surface area (Å²) in [7, 11) is 0. The van der Waals surface area contributed by atoms with E-state index in [1.54, 1.807) is 6.33 Å². The molecule has 6 heteroatoms. The SMILES string of the molecule is CCn1cnnc1CNC(=O)c1cccc2c1CCCN2. The minimum Gasteiger partial charge on any atom is -0.385 e. The summed E-state index contributed by atoms with van der Waals surface area (Å²) in [6.07, 6.45) is 3.67. The van der Waals surface area contributed by atoms with Gasteiger partial charge in [0.2, 0.25) is 0 Å². The lowest BCUT2D eigenvalue weighted by atomic mass is 9.97. The van der Waals surface area contributed by atoms with E-state index in [1.165, 1.54) is 0 Å². The van der Waals surface area contributed by atoms with Gasteiger partial charge in [0, 0.05) is 24.3 Å². The van der Waals surface area contributed by atoms with Crippen molar-refractivity contribution in [3.05, 3.63) is 41.5 Å². The zero-order valence-electron chi connectivity index (χ0n) is 12.1. The molecular formula is C15H19N5O. The average molecular weight is 285 g/mol. The molecular weight excluding hydrogens is 266 g/mol. The van der Waals surface area contributed by atoms with Gasteiger partial charge in [0.1, 0.15) is 6.33 Å². The lowest BCUT2D eigenvalue weighted by Gasteiger charge is -2.20. The monoisotopic (exact) mass is 285 g/mol. The second-order valence-corrected chi connectivity index (χ2v) is 5.08. The van der Waals surface area contributed by atoms with Crippen LogP contribution >= 0.6 is 0 Å². The van der Waals surface area contributed by atoms with Crippen LogP contribution in [0.2, 0.25) is 0 Å². The van der Waals surface area contributed by atoms with Crippen LogP contribution in [0.3, 0.4) is 0 Å². The molecule has 1 amide bonds. The maximum absolute atomic E-state index is 12.4. The van der Waals surface area contributed by atoms with Crippen LogP contribution in [0.1, 0.15) is 35.1 Å². The van der Waals surface area contributed by atoms with E-state index in [-0.39, 0.29) is 5.91 Å². The standard InChI is InChI=1S/C15H19N5O/c1-2-20-10-18-19-14(20)9-17-15(21)12-5-3-7-13-11(12)6-4-8-16-13/h3,5,7,10,16H,2,4,6,8-9H2,1H3,(H,17,21). The molecule has 0 fully saturated rings. The number of rotatable bonds is 4. The highest BCUT2D eigenvalue weighted by Crippen LogP contribution is 2.25. The Morgan fingerprint density at radius 1 is 1.48 bits per heavy atom. The number of nitrogens with one attached hydrogen (secondary N) is 2. The number of aryl methyl sites for hydroxylation is 1. The van der Waals surface area contributed by atoms with Gasteiger partial charge in [-0.2, -0.15) is 0 Å². The number of anilines is 1. The van der Waals surface area contributed by atoms with E-state index in [0.29, 0.717) is 6.54 Å². The number of hydrogen-bond donors (Lipinski definition) is 2. The van der Waals surface area contributed by atoms with Gasteiger partial charge in [0.25, 0.3) is 5.91 Å². The van der Waals surface area contributed by atoms with Gasteiger partial charge in [-0.25, -0.2) is 0 Å². The predicted octanol–water partition coefficient (Wildman–Crippen LogP) is 1.59. The molecule has 3 rings (SSSR count). The smallest absolute Gasteiger partial charge is 0.252 e. The molecule has 0 aliphatic carbocycles. The highest BCUT2D eigenvalue weighted by Gasteiger charge is 2.17. The summed E-state index contributed by atoms with van der Waals surface area (Å²) >= 11 is 0. The van der Waals surface area contributed by atoms with E-state index >= 15 is 0 Å². The second-order valence-electron chi connectivity index (χ2n) is 5.08. The summed E-state index contributed by atoms with van der Waals surface area (Å²) in [6, 6.07) is 5.82. The fourth-order valence-electron chi connectivity index (χ4n) is 2.66. The highest BCUT2D eigenvalue weighted by atomic mass is 16.1. The predicted molar refractivity (Wildman–Crippen MR) is 80.1 cm³/mol. The average Bonchev–Trinajstić information content (AvgIpc) is 2.99. The van der Waals surface area contributed by atoms with Crippen molar-refractivity contribution in [1.82, 2.24) is 20.1 Å². The third-order valence-corrected chi connectivity index (χ3v) is 3.78. The zero-order valence-corrected chi connectivity index (χ0v) is 12.1. The largest absolute Gasteiger partial charge is 0.385 e. The molecule has 0 unspecified atom stereocenters. The molecule has 2 aromatic rings. The molecule has 110 valence electrons. The Morgan fingerprint density at radius 2 is 2.38 bits per heavy atom. The van der Waals surface area contributed by atoms with Crippen LogP contribution < -0.4 is 10.6 Å². The Morgan fingerprint density at radius 3 is 3.24 bits per heavy atom. The number of carbonyl (C=O) groups is 1. The minimum atomic E-state index is -0.0544. The van der Waals surface area contributed by atoms with E-state index in [4.69, 9.17) is 0 Å². The molecule has 21 heavy (non-hydrogen) atoms. The van der Waals surface area contributed by atoms with E-state index in [1.807, 2.05) is 29.7 Å². The van der Waals surface area contributed by atoms with Crippen molar-refractivity contribution < 1.29 is 4.79 Å². The first kappa shape index (κ1) is 13.6. The highest BCUT2D eigenvalue weighted by molar-refractivity contribution is 5.97. The minimum absolute atomic E-state index is 0.0544. The first-order valence-electron chi connectivity index (χ1n) is 7.30. The first-order valence-corrected chi connectivity index (χ1v) is 7.30. The number of fused-ring (bicyclic) bond motifs is 1. The van der Waals surface area contributed by atoms with Gasteiger partial charge in [0.05, 0.1) is 6.54 Å². The lowest BCUT2D eigenvalue weighted by Crippen LogP contribution is -2.27. The normalized spacial score (nSPS) is 13.4. The summed E-state index contributed by atoms with van der Waals surface area (Å²) in [6.45, 7) is 4.18. The van der Waals surface area contributed by atoms with Crippen molar-refractivity contribution >= 4 is 11.6 Å². The molecule has 0 radical (unpaired) electrons. The van der Waals surface area contributed by atoms with Gasteiger partial charge in [-0.3, -0.25) is 4.79 Å². The Bertz CT molecular complexity index is 649. The number of hydrogen-bond acceptors (Lipinski definition) is 4. The first-order chi connectivity index (χ1) is 10.3. The molecule has 0 saturated heterocycles. The van der Waals surface area contributed by atoms with Gasteiger partial charge in [0.15, 0.2) is 5.82 Å². The molecule has 6 nitrogen and oxygen atoms in total. The number of amides is 1. The molecule has 1 aliphatic heterocycles. The van der Waals surface area contributed by atoms with Crippen molar-refractivity contribution in [3.8, 4) is 0 Å². The van der Waals surface area contributed by atoms with Crippen LogP contribution in [0.25, 0.3) is 0 Å². The van der Waals surface area contributed by atoms with Crippen molar-refractivity contribution in [2.75, 3.05) is 11.9 Å². The topological polar surface area (TPSA) is 71.8 Å². The van der Waals surface area contributed by atoms with Crippen LogP contribution in [0.4, 0.5) is 5.69 Å². The Labute approximate surface area is 123 Å². The third-order valence-electron chi connectivity index (χ3n) is 3.78. The summed E-state index contributed by atoms with van der Waals surface area (Å²) < 4.78 is 1.92. The molecule has 0 bridgehead atoms. The number of nitrogens with zero attached hydrogens (tertiary/aromatic N) is 3. The van der Waals surface area contributed by atoms with Crippen molar-refractivity contribution in [2.24, 2.45) is 0 Å². The van der Waals surface area contributed by atoms with Gasteiger partial charge in [-0.15, -0.1) is 10.2 Å². The lowest BCUT2D eigenvalue weighted by molar-refractivity contribution is 0.0948. The summed E-state index contributed by atoms with van der Waals surface area (Å²) in [5, 5.41) is 14.2.